The van der Waals surface area contributed by atoms with Crippen LogP contribution >= 0.6 is 11.8 Å². The summed E-state index contributed by atoms with van der Waals surface area (Å²) in [5, 5.41) is 7.91. The molecule has 1 saturated carbocycles. The zero-order valence-corrected chi connectivity index (χ0v) is 13.1. The summed E-state index contributed by atoms with van der Waals surface area (Å²) in [6, 6.07) is 0. The fourth-order valence-corrected chi connectivity index (χ4v) is 3.59. The van der Waals surface area contributed by atoms with E-state index in [9.17, 15) is 0 Å². The number of hydrogen-bond donors (Lipinski definition) is 2. The molecule has 20 heavy (non-hydrogen) atoms. The van der Waals surface area contributed by atoms with Gasteiger partial charge in [-0.3, -0.25) is 0 Å². The van der Waals surface area contributed by atoms with E-state index in [4.69, 9.17) is 4.98 Å². The van der Waals surface area contributed by atoms with Crippen LogP contribution in [0.5, 0.6) is 0 Å². The molecule has 5 heteroatoms. The fraction of sp³-hybridized carbons (Fsp3) is 0.733. The highest BCUT2D eigenvalue weighted by Gasteiger charge is 2.19. The first kappa shape index (κ1) is 14.1. The maximum atomic E-state index is 4.70. The predicted molar refractivity (Wildman–Crippen MR) is 84.3 cm³/mol. The maximum absolute atomic E-state index is 4.70. The molecule has 0 bridgehead atoms. The number of nitrogens with zero attached hydrogens (tertiary/aromatic N) is 2. The average molecular weight is 292 g/mol. The number of thioether (sulfide) groups is 1. The van der Waals surface area contributed by atoms with Crippen molar-refractivity contribution in [3.8, 4) is 0 Å². The first-order valence-corrected chi connectivity index (χ1v) is 8.97. The molecule has 1 aliphatic carbocycles. The summed E-state index contributed by atoms with van der Waals surface area (Å²) in [7, 11) is 0. The van der Waals surface area contributed by atoms with Crippen LogP contribution in [0.3, 0.4) is 0 Å². The third-order valence-electron chi connectivity index (χ3n) is 4.38. The highest BCUT2D eigenvalue weighted by molar-refractivity contribution is 7.98. The molecule has 2 aliphatic rings. The van der Waals surface area contributed by atoms with Gasteiger partial charge in [0.1, 0.15) is 5.82 Å². The van der Waals surface area contributed by atoms with Crippen molar-refractivity contribution in [2.45, 2.75) is 50.2 Å². The van der Waals surface area contributed by atoms with E-state index in [2.05, 4.69) is 15.6 Å². The normalized spacial score (nSPS) is 19.6. The number of aromatic nitrogens is 2. The van der Waals surface area contributed by atoms with Gasteiger partial charge >= 0.3 is 0 Å². The van der Waals surface area contributed by atoms with Crippen molar-refractivity contribution in [2.75, 3.05) is 24.7 Å². The lowest BCUT2D eigenvalue weighted by atomic mass is 9.89. The maximum Gasteiger partial charge on any atom is 0.189 e. The summed E-state index contributed by atoms with van der Waals surface area (Å²) >= 11 is 1.63. The van der Waals surface area contributed by atoms with Gasteiger partial charge in [-0.15, -0.1) is 0 Å². The lowest BCUT2D eigenvalue weighted by Crippen LogP contribution is -2.27. The van der Waals surface area contributed by atoms with Crippen molar-refractivity contribution in [3.05, 3.63) is 11.3 Å². The smallest absolute Gasteiger partial charge is 0.189 e. The minimum absolute atomic E-state index is 0.828. The number of nitrogens with one attached hydrogen (secondary N) is 2. The molecule has 0 aromatic carbocycles. The summed E-state index contributed by atoms with van der Waals surface area (Å²) in [6.07, 6.45) is 10.0. The van der Waals surface area contributed by atoms with Crippen LogP contribution in [0.15, 0.2) is 5.16 Å². The van der Waals surface area contributed by atoms with E-state index in [0.29, 0.717) is 0 Å². The molecule has 0 radical (unpaired) electrons. The Hall–Kier alpha value is -0.810. The van der Waals surface area contributed by atoms with Gasteiger partial charge in [0.25, 0.3) is 0 Å². The number of rotatable bonds is 4. The molecular formula is C15H24N4S. The quantitative estimate of drug-likeness (QED) is 0.660. The van der Waals surface area contributed by atoms with Crippen molar-refractivity contribution in [1.29, 1.82) is 0 Å². The van der Waals surface area contributed by atoms with E-state index in [0.717, 1.165) is 42.9 Å². The summed E-state index contributed by atoms with van der Waals surface area (Å²) in [5.41, 5.74) is 2.51. The van der Waals surface area contributed by atoms with Crippen molar-refractivity contribution in [1.82, 2.24) is 15.3 Å². The first-order valence-electron chi connectivity index (χ1n) is 7.75. The molecule has 0 unspecified atom stereocenters. The third kappa shape index (κ3) is 3.26. The monoisotopic (exact) mass is 292 g/mol. The number of fused-ring (bicyclic) bond motifs is 1. The summed E-state index contributed by atoms with van der Waals surface area (Å²) in [6.45, 7) is 2.99. The molecule has 0 amide bonds. The van der Waals surface area contributed by atoms with Gasteiger partial charge in [0.05, 0.1) is 5.69 Å². The SMILES string of the molecule is CSc1nc2c(c(NCC3CCCCC3)n1)CCNC2. The second-order valence-electron chi connectivity index (χ2n) is 5.80. The largest absolute Gasteiger partial charge is 0.369 e. The van der Waals surface area contributed by atoms with E-state index in [1.807, 2.05) is 6.26 Å². The molecule has 1 aliphatic heterocycles. The highest BCUT2D eigenvalue weighted by Crippen LogP contribution is 2.26. The van der Waals surface area contributed by atoms with Crippen molar-refractivity contribution >= 4 is 17.6 Å². The molecule has 2 N–H and O–H groups in total. The molecule has 0 spiro atoms. The highest BCUT2D eigenvalue weighted by atomic mass is 32.2. The molecular weight excluding hydrogens is 268 g/mol. The van der Waals surface area contributed by atoms with Gasteiger partial charge in [0, 0.05) is 18.7 Å². The van der Waals surface area contributed by atoms with Gasteiger partial charge < -0.3 is 10.6 Å². The Morgan fingerprint density at radius 2 is 2.10 bits per heavy atom. The van der Waals surface area contributed by atoms with E-state index in [1.165, 1.54) is 43.4 Å². The molecule has 1 fully saturated rings. The molecule has 0 atom stereocenters. The van der Waals surface area contributed by atoms with Crippen LogP contribution in [-0.2, 0) is 13.0 Å². The van der Waals surface area contributed by atoms with Gasteiger partial charge in [-0.05, 0) is 38.0 Å². The van der Waals surface area contributed by atoms with Crippen molar-refractivity contribution in [2.24, 2.45) is 5.92 Å². The Labute approximate surface area is 125 Å². The Bertz CT molecular complexity index is 457. The summed E-state index contributed by atoms with van der Waals surface area (Å²) in [5.74, 6) is 1.92. The topological polar surface area (TPSA) is 49.8 Å². The molecule has 2 heterocycles. The Morgan fingerprint density at radius 1 is 1.25 bits per heavy atom. The Morgan fingerprint density at radius 3 is 2.90 bits per heavy atom. The molecule has 0 saturated heterocycles. The van der Waals surface area contributed by atoms with Crippen LogP contribution in [0.4, 0.5) is 5.82 Å². The third-order valence-corrected chi connectivity index (χ3v) is 4.93. The molecule has 4 nitrogen and oxygen atoms in total. The summed E-state index contributed by atoms with van der Waals surface area (Å²) in [4.78, 5) is 9.34. The number of hydrogen-bond acceptors (Lipinski definition) is 5. The van der Waals surface area contributed by atoms with E-state index in [-0.39, 0.29) is 0 Å². The van der Waals surface area contributed by atoms with Gasteiger partial charge in [-0.1, -0.05) is 31.0 Å². The van der Waals surface area contributed by atoms with Gasteiger partial charge in [-0.2, -0.15) is 0 Å². The van der Waals surface area contributed by atoms with Gasteiger partial charge in [0.2, 0.25) is 0 Å². The van der Waals surface area contributed by atoms with Crippen molar-refractivity contribution in [3.63, 3.8) is 0 Å². The molecule has 1 aromatic heterocycles. The van der Waals surface area contributed by atoms with E-state index < -0.39 is 0 Å². The second kappa shape index (κ2) is 6.76. The Kier molecular flexibility index (Phi) is 4.78. The van der Waals surface area contributed by atoms with Crippen LogP contribution in [0.2, 0.25) is 0 Å². The zero-order valence-electron chi connectivity index (χ0n) is 12.2. The zero-order chi connectivity index (χ0) is 13.8. The minimum Gasteiger partial charge on any atom is -0.369 e. The fourth-order valence-electron chi connectivity index (χ4n) is 3.21. The first-order chi connectivity index (χ1) is 9.86. The lowest BCUT2D eigenvalue weighted by Gasteiger charge is -2.24. The van der Waals surface area contributed by atoms with Crippen LogP contribution in [0.1, 0.15) is 43.4 Å². The van der Waals surface area contributed by atoms with E-state index in [1.54, 1.807) is 11.8 Å². The van der Waals surface area contributed by atoms with Crippen LogP contribution in [0.25, 0.3) is 0 Å². The average Bonchev–Trinajstić information content (AvgIpc) is 2.53. The van der Waals surface area contributed by atoms with Gasteiger partial charge in [0.15, 0.2) is 5.16 Å². The van der Waals surface area contributed by atoms with Crippen LogP contribution in [-0.4, -0.2) is 29.3 Å². The lowest BCUT2D eigenvalue weighted by molar-refractivity contribution is 0.373. The van der Waals surface area contributed by atoms with Crippen LogP contribution in [0, 0.1) is 5.92 Å². The van der Waals surface area contributed by atoms with Gasteiger partial charge in [-0.25, -0.2) is 9.97 Å². The standard InChI is InChI=1S/C15H24N4S/c1-20-15-18-13-10-16-8-7-12(13)14(19-15)17-9-11-5-3-2-4-6-11/h11,16H,2-10H2,1H3,(H,17,18,19). The minimum atomic E-state index is 0.828. The van der Waals surface area contributed by atoms with Crippen molar-refractivity contribution < 1.29 is 0 Å². The van der Waals surface area contributed by atoms with Crippen LogP contribution < -0.4 is 10.6 Å². The second-order valence-corrected chi connectivity index (χ2v) is 6.57. The molecule has 3 rings (SSSR count). The predicted octanol–water partition coefficient (Wildman–Crippen LogP) is 2.84. The molecule has 1 aromatic rings. The Balaban J connectivity index is 1.73. The van der Waals surface area contributed by atoms with E-state index >= 15 is 0 Å². The number of anilines is 1. The summed E-state index contributed by atoms with van der Waals surface area (Å²) < 4.78 is 0. The molecule has 110 valence electrons.